The first-order valence-electron chi connectivity index (χ1n) is 21.4. The van der Waals surface area contributed by atoms with Gasteiger partial charge < -0.3 is 19.3 Å². The van der Waals surface area contributed by atoms with Crippen LogP contribution >= 0.6 is 7.82 Å². The van der Waals surface area contributed by atoms with Crippen LogP contribution in [0, 0.1) is 0 Å². The van der Waals surface area contributed by atoms with Gasteiger partial charge in [0.15, 0.2) is 6.10 Å². The van der Waals surface area contributed by atoms with E-state index in [2.05, 4.69) is 67.0 Å². The van der Waals surface area contributed by atoms with Crippen LogP contribution in [0.3, 0.4) is 0 Å². The standard InChI is InChI=1S/C44H79O8P/c1-3-5-7-9-11-13-15-17-19-21-22-23-25-27-29-31-33-35-37-39-44(46)52-42(41-51-53(47,48)49)40-50-43(45)38-36-34-32-30-28-26-24-20-18-16-14-12-10-8-6-4-2/h11,13,17,19-20,22-24,42H,3-10,12,14-16,18,21,25-41H2,1-2H3,(H2,47,48,49)/b13-11-,19-17-,23-22-,24-20-. The lowest BCUT2D eigenvalue weighted by atomic mass is 10.1. The largest absolute Gasteiger partial charge is 0.469 e. The molecule has 0 aromatic carbocycles. The van der Waals surface area contributed by atoms with Crippen LogP contribution in [0.25, 0.3) is 0 Å². The molecule has 308 valence electrons. The molecule has 0 aromatic rings. The second-order valence-electron chi connectivity index (χ2n) is 14.3. The first-order chi connectivity index (χ1) is 25.8. The maximum Gasteiger partial charge on any atom is 0.469 e. The third-order valence-electron chi connectivity index (χ3n) is 9.07. The van der Waals surface area contributed by atoms with Gasteiger partial charge in [0.1, 0.15) is 6.61 Å². The number of ether oxygens (including phenoxy) is 2. The summed E-state index contributed by atoms with van der Waals surface area (Å²) >= 11 is 0. The van der Waals surface area contributed by atoms with Gasteiger partial charge in [-0.05, 0) is 77.0 Å². The van der Waals surface area contributed by atoms with E-state index in [1.165, 1.54) is 77.0 Å². The Balaban J connectivity index is 3.96. The molecule has 0 aliphatic heterocycles. The monoisotopic (exact) mass is 767 g/mol. The van der Waals surface area contributed by atoms with Crippen molar-refractivity contribution < 1.29 is 37.9 Å². The highest BCUT2D eigenvalue weighted by Gasteiger charge is 2.22. The summed E-state index contributed by atoms with van der Waals surface area (Å²) in [5.41, 5.74) is 0. The fourth-order valence-electron chi connectivity index (χ4n) is 5.84. The molecule has 9 heteroatoms. The van der Waals surface area contributed by atoms with Crippen LogP contribution in [0.4, 0.5) is 0 Å². The van der Waals surface area contributed by atoms with Crippen molar-refractivity contribution in [1.29, 1.82) is 0 Å². The normalized spacial score (nSPS) is 12.9. The first-order valence-corrected chi connectivity index (χ1v) is 23.0. The third-order valence-corrected chi connectivity index (χ3v) is 9.56. The Bertz CT molecular complexity index is 999. The second-order valence-corrected chi connectivity index (χ2v) is 15.5. The molecule has 1 atom stereocenters. The number of phosphoric ester groups is 1. The van der Waals surface area contributed by atoms with Crippen LogP contribution in [0.2, 0.25) is 0 Å². The summed E-state index contributed by atoms with van der Waals surface area (Å²) < 4.78 is 26.4. The molecule has 0 amide bonds. The molecule has 0 spiro atoms. The van der Waals surface area contributed by atoms with Crippen LogP contribution < -0.4 is 0 Å². The molecular weight excluding hydrogens is 687 g/mol. The zero-order valence-electron chi connectivity index (χ0n) is 33.9. The first kappa shape index (κ1) is 51.0. The van der Waals surface area contributed by atoms with E-state index in [-0.39, 0.29) is 19.4 Å². The van der Waals surface area contributed by atoms with Gasteiger partial charge in [-0.1, -0.05) is 159 Å². The fraction of sp³-hybridized carbons (Fsp3) is 0.773. The van der Waals surface area contributed by atoms with Crippen LogP contribution in [0.15, 0.2) is 48.6 Å². The minimum atomic E-state index is -4.76. The molecule has 1 unspecified atom stereocenters. The average Bonchev–Trinajstić information content (AvgIpc) is 3.13. The van der Waals surface area contributed by atoms with Crippen molar-refractivity contribution in [1.82, 2.24) is 0 Å². The molecular formula is C44H79O8P. The number of allylic oxidation sites excluding steroid dienone is 8. The van der Waals surface area contributed by atoms with Gasteiger partial charge in [-0.3, -0.25) is 14.1 Å². The molecule has 0 heterocycles. The predicted molar refractivity (Wildman–Crippen MR) is 221 cm³/mol. The van der Waals surface area contributed by atoms with Gasteiger partial charge in [-0.15, -0.1) is 0 Å². The van der Waals surface area contributed by atoms with E-state index >= 15 is 0 Å². The lowest BCUT2D eigenvalue weighted by Crippen LogP contribution is -2.29. The van der Waals surface area contributed by atoms with Crippen molar-refractivity contribution in [3.8, 4) is 0 Å². The number of hydrogen-bond acceptors (Lipinski definition) is 6. The van der Waals surface area contributed by atoms with Gasteiger partial charge >= 0.3 is 19.8 Å². The van der Waals surface area contributed by atoms with E-state index in [4.69, 9.17) is 19.3 Å². The number of rotatable bonds is 39. The van der Waals surface area contributed by atoms with Crippen LogP contribution in [0.5, 0.6) is 0 Å². The summed E-state index contributed by atoms with van der Waals surface area (Å²) in [5.74, 6) is -0.908. The molecule has 0 aliphatic rings. The average molecular weight is 767 g/mol. The predicted octanol–water partition coefficient (Wildman–Crippen LogP) is 13.1. The summed E-state index contributed by atoms with van der Waals surface area (Å²) in [6, 6.07) is 0. The summed E-state index contributed by atoms with van der Waals surface area (Å²) in [6.07, 6.45) is 48.2. The molecule has 0 radical (unpaired) electrons. The number of carbonyl (C=O) groups is 2. The Hall–Kier alpha value is -1.99. The Morgan fingerprint density at radius 3 is 1.32 bits per heavy atom. The van der Waals surface area contributed by atoms with Crippen molar-refractivity contribution in [2.45, 2.75) is 206 Å². The van der Waals surface area contributed by atoms with Crippen molar-refractivity contribution in [3.05, 3.63) is 48.6 Å². The van der Waals surface area contributed by atoms with Gasteiger partial charge in [0, 0.05) is 12.8 Å². The van der Waals surface area contributed by atoms with E-state index in [1.807, 2.05) is 0 Å². The molecule has 0 fully saturated rings. The summed E-state index contributed by atoms with van der Waals surface area (Å²) in [4.78, 5) is 42.9. The van der Waals surface area contributed by atoms with E-state index < -0.39 is 32.5 Å². The molecule has 2 N–H and O–H groups in total. The summed E-state index contributed by atoms with van der Waals surface area (Å²) in [7, 11) is -4.76. The lowest BCUT2D eigenvalue weighted by molar-refractivity contribution is -0.161. The summed E-state index contributed by atoms with van der Waals surface area (Å²) in [5, 5.41) is 0. The van der Waals surface area contributed by atoms with Gasteiger partial charge in [0.25, 0.3) is 0 Å². The Morgan fingerprint density at radius 2 is 0.849 bits per heavy atom. The van der Waals surface area contributed by atoms with Gasteiger partial charge in [0.2, 0.25) is 0 Å². The van der Waals surface area contributed by atoms with Crippen LogP contribution in [-0.2, 0) is 28.2 Å². The SMILES string of the molecule is CCCCC/C=C\C/C=C\C/C=C\CCCCCCCCC(=O)OC(COC(=O)CCCCCCC/C=C\CCCCCCCCC)COP(=O)(O)O. The van der Waals surface area contributed by atoms with E-state index in [9.17, 15) is 14.2 Å². The highest BCUT2D eigenvalue weighted by molar-refractivity contribution is 7.46. The number of carbonyl (C=O) groups excluding carboxylic acids is 2. The van der Waals surface area contributed by atoms with Crippen molar-refractivity contribution in [3.63, 3.8) is 0 Å². The quantitative estimate of drug-likeness (QED) is 0.0275. The van der Waals surface area contributed by atoms with Crippen LogP contribution in [0.1, 0.15) is 200 Å². The topological polar surface area (TPSA) is 119 Å². The maximum atomic E-state index is 12.4. The highest BCUT2D eigenvalue weighted by atomic mass is 31.2. The van der Waals surface area contributed by atoms with Crippen molar-refractivity contribution in [2.24, 2.45) is 0 Å². The maximum absolute atomic E-state index is 12.4. The molecule has 0 rings (SSSR count). The van der Waals surface area contributed by atoms with E-state index in [1.54, 1.807) is 0 Å². The lowest BCUT2D eigenvalue weighted by Gasteiger charge is -2.18. The number of hydrogen-bond donors (Lipinski definition) is 2. The minimum absolute atomic E-state index is 0.195. The Kier molecular flexibility index (Phi) is 38.2. The Morgan fingerprint density at radius 1 is 0.491 bits per heavy atom. The smallest absolute Gasteiger partial charge is 0.462 e. The van der Waals surface area contributed by atoms with Crippen molar-refractivity contribution >= 4 is 19.8 Å². The molecule has 0 aromatic heterocycles. The summed E-state index contributed by atoms with van der Waals surface area (Å²) in [6.45, 7) is 3.64. The highest BCUT2D eigenvalue weighted by Crippen LogP contribution is 2.36. The molecule has 0 saturated heterocycles. The van der Waals surface area contributed by atoms with Crippen molar-refractivity contribution in [2.75, 3.05) is 13.2 Å². The van der Waals surface area contributed by atoms with Crippen LogP contribution in [-0.4, -0.2) is 41.0 Å². The Labute approximate surface area is 324 Å². The zero-order valence-corrected chi connectivity index (χ0v) is 34.8. The van der Waals surface area contributed by atoms with E-state index in [0.29, 0.717) is 12.8 Å². The number of esters is 2. The van der Waals surface area contributed by atoms with Gasteiger partial charge in [-0.25, -0.2) is 4.57 Å². The number of unbranched alkanes of at least 4 members (excludes halogenated alkanes) is 21. The number of phosphoric acid groups is 1. The molecule has 0 bridgehead atoms. The molecule has 8 nitrogen and oxygen atoms in total. The van der Waals surface area contributed by atoms with E-state index in [0.717, 1.165) is 83.5 Å². The molecule has 0 aliphatic carbocycles. The zero-order chi connectivity index (χ0) is 38.9. The van der Waals surface area contributed by atoms with Gasteiger partial charge in [0.05, 0.1) is 6.61 Å². The molecule has 0 saturated carbocycles. The minimum Gasteiger partial charge on any atom is -0.462 e. The fourth-order valence-corrected chi connectivity index (χ4v) is 6.21. The van der Waals surface area contributed by atoms with Gasteiger partial charge in [-0.2, -0.15) is 0 Å². The third kappa shape index (κ3) is 42.6. The molecule has 53 heavy (non-hydrogen) atoms. The second kappa shape index (κ2) is 39.7.